The summed E-state index contributed by atoms with van der Waals surface area (Å²) in [5.41, 5.74) is 3.54. The Morgan fingerprint density at radius 1 is 1.60 bits per heavy atom. The van der Waals surface area contributed by atoms with Gasteiger partial charge in [0.15, 0.2) is 0 Å². The lowest BCUT2D eigenvalue weighted by molar-refractivity contribution is 0.975. The summed E-state index contributed by atoms with van der Waals surface area (Å²) in [4.78, 5) is 4.33. The molecule has 0 amide bonds. The van der Waals surface area contributed by atoms with Crippen molar-refractivity contribution in [2.24, 2.45) is 4.99 Å². The fraction of sp³-hybridized carbons (Fsp3) is 0.308. The number of anilines is 1. The van der Waals surface area contributed by atoms with E-state index >= 15 is 0 Å². The predicted molar refractivity (Wildman–Crippen MR) is 65.5 cm³/mol. The fourth-order valence-corrected chi connectivity index (χ4v) is 1.70. The number of nitrogens with zero attached hydrogens (tertiary/aromatic N) is 1. The first-order chi connectivity index (χ1) is 7.29. The van der Waals surface area contributed by atoms with E-state index in [0.29, 0.717) is 6.04 Å². The summed E-state index contributed by atoms with van der Waals surface area (Å²) in [5.74, 6) is 0. The van der Waals surface area contributed by atoms with E-state index in [1.165, 1.54) is 11.3 Å². The molecule has 0 bridgehead atoms. The molecular weight excluding hydrogens is 184 g/mol. The molecule has 78 valence electrons. The van der Waals surface area contributed by atoms with Crippen LogP contribution >= 0.6 is 0 Å². The summed E-state index contributed by atoms with van der Waals surface area (Å²) in [6, 6.07) is 8.72. The summed E-state index contributed by atoms with van der Waals surface area (Å²) in [5, 5.41) is 3.42. The Balaban J connectivity index is 2.02. The summed E-state index contributed by atoms with van der Waals surface area (Å²) in [6.45, 7) is 5.92. The lowest BCUT2D eigenvalue weighted by atomic mass is 10.1. The quantitative estimate of drug-likeness (QED) is 0.745. The van der Waals surface area contributed by atoms with Gasteiger partial charge in [-0.2, -0.15) is 0 Å². The van der Waals surface area contributed by atoms with Crippen LogP contribution in [0.15, 0.2) is 41.5 Å². The van der Waals surface area contributed by atoms with Crippen LogP contribution in [0.4, 0.5) is 5.69 Å². The van der Waals surface area contributed by atoms with Crippen molar-refractivity contribution in [3.63, 3.8) is 0 Å². The van der Waals surface area contributed by atoms with Gasteiger partial charge in [0.25, 0.3) is 0 Å². The second kappa shape index (κ2) is 4.30. The van der Waals surface area contributed by atoms with E-state index in [1.807, 2.05) is 6.21 Å². The number of hydrogen-bond acceptors (Lipinski definition) is 2. The Labute approximate surface area is 90.7 Å². The Morgan fingerprint density at radius 2 is 2.40 bits per heavy atom. The number of allylic oxidation sites excluding steroid dienone is 1. The smallest absolute Gasteiger partial charge is 0.0657 e. The highest BCUT2D eigenvalue weighted by Crippen LogP contribution is 2.24. The number of benzene rings is 1. The fourth-order valence-electron chi connectivity index (χ4n) is 1.70. The number of hydrogen-bond donors (Lipinski definition) is 1. The molecule has 0 aromatic heterocycles. The molecule has 1 heterocycles. The molecule has 1 N–H and O–H groups in total. The van der Waals surface area contributed by atoms with E-state index in [2.05, 4.69) is 48.1 Å². The van der Waals surface area contributed by atoms with Gasteiger partial charge >= 0.3 is 0 Å². The lowest BCUT2D eigenvalue weighted by Gasteiger charge is -2.04. The van der Waals surface area contributed by atoms with Crippen molar-refractivity contribution in [3.8, 4) is 0 Å². The summed E-state index contributed by atoms with van der Waals surface area (Å²) >= 11 is 0. The monoisotopic (exact) mass is 200 g/mol. The molecule has 0 saturated carbocycles. The van der Waals surface area contributed by atoms with Gasteiger partial charge in [-0.3, -0.25) is 4.99 Å². The van der Waals surface area contributed by atoms with E-state index in [1.54, 1.807) is 0 Å². The molecule has 0 aliphatic carbocycles. The highest BCUT2D eigenvalue weighted by Gasteiger charge is 2.17. The summed E-state index contributed by atoms with van der Waals surface area (Å²) in [7, 11) is 0. The van der Waals surface area contributed by atoms with Crippen molar-refractivity contribution in [3.05, 3.63) is 42.1 Å². The lowest BCUT2D eigenvalue weighted by Crippen LogP contribution is -2.16. The van der Waals surface area contributed by atoms with Crippen LogP contribution in [0.3, 0.4) is 0 Å². The van der Waals surface area contributed by atoms with Crippen molar-refractivity contribution < 1.29 is 0 Å². The molecule has 0 spiro atoms. The van der Waals surface area contributed by atoms with Gasteiger partial charge in [-0.15, -0.1) is 0 Å². The Morgan fingerprint density at radius 3 is 3.13 bits per heavy atom. The van der Waals surface area contributed by atoms with Crippen molar-refractivity contribution in [1.82, 2.24) is 0 Å². The number of aliphatic imine (C=N–C) groups is 1. The van der Waals surface area contributed by atoms with Gasteiger partial charge in [-0.25, -0.2) is 0 Å². The number of para-hydroxylation sites is 1. The predicted octanol–water partition coefficient (Wildman–Crippen LogP) is 3.02. The molecular formula is C13H16N2. The zero-order valence-corrected chi connectivity index (χ0v) is 9.03. The first-order valence-electron chi connectivity index (χ1n) is 5.36. The minimum absolute atomic E-state index is 0.325. The second-order valence-corrected chi connectivity index (χ2v) is 3.81. The van der Waals surface area contributed by atoms with Crippen LogP contribution in [0, 0.1) is 0 Å². The van der Waals surface area contributed by atoms with Gasteiger partial charge < -0.3 is 5.32 Å². The van der Waals surface area contributed by atoms with Gasteiger partial charge in [0.2, 0.25) is 0 Å². The van der Waals surface area contributed by atoms with Gasteiger partial charge in [-0.1, -0.05) is 31.7 Å². The van der Waals surface area contributed by atoms with Crippen LogP contribution < -0.4 is 5.32 Å². The SMILES string of the molecule is C=C(CC)N=CC1Cc2ccccc2N1. The maximum absolute atomic E-state index is 4.33. The minimum Gasteiger partial charge on any atom is -0.377 e. The van der Waals surface area contributed by atoms with Crippen LogP contribution in [0.25, 0.3) is 0 Å². The van der Waals surface area contributed by atoms with Crippen LogP contribution in [0.2, 0.25) is 0 Å². The molecule has 1 aromatic carbocycles. The molecule has 1 aromatic rings. The van der Waals surface area contributed by atoms with Crippen molar-refractivity contribution in [1.29, 1.82) is 0 Å². The average Bonchev–Trinajstić information content (AvgIpc) is 2.68. The molecule has 0 radical (unpaired) electrons. The van der Waals surface area contributed by atoms with Gasteiger partial charge in [0.1, 0.15) is 0 Å². The number of rotatable bonds is 3. The van der Waals surface area contributed by atoms with Crippen LogP contribution in [0.5, 0.6) is 0 Å². The molecule has 2 heteroatoms. The average molecular weight is 200 g/mol. The van der Waals surface area contributed by atoms with E-state index in [-0.39, 0.29) is 0 Å². The molecule has 1 atom stereocenters. The molecule has 1 aliphatic heterocycles. The van der Waals surface area contributed by atoms with Crippen LogP contribution in [-0.2, 0) is 6.42 Å². The second-order valence-electron chi connectivity index (χ2n) is 3.81. The van der Waals surface area contributed by atoms with E-state index < -0.39 is 0 Å². The summed E-state index contributed by atoms with van der Waals surface area (Å²) in [6.07, 6.45) is 3.90. The Hall–Kier alpha value is -1.57. The van der Waals surface area contributed by atoms with E-state index in [4.69, 9.17) is 0 Å². The zero-order chi connectivity index (χ0) is 10.7. The molecule has 0 saturated heterocycles. The van der Waals surface area contributed by atoms with Crippen LogP contribution in [0.1, 0.15) is 18.9 Å². The van der Waals surface area contributed by atoms with Gasteiger partial charge in [0, 0.05) is 17.6 Å². The van der Waals surface area contributed by atoms with Gasteiger partial charge in [-0.05, 0) is 24.5 Å². The zero-order valence-electron chi connectivity index (χ0n) is 9.03. The van der Waals surface area contributed by atoms with Crippen molar-refractivity contribution in [2.45, 2.75) is 25.8 Å². The maximum Gasteiger partial charge on any atom is 0.0657 e. The topological polar surface area (TPSA) is 24.4 Å². The molecule has 2 rings (SSSR count). The highest BCUT2D eigenvalue weighted by atomic mass is 15.0. The van der Waals surface area contributed by atoms with Gasteiger partial charge in [0.05, 0.1) is 6.04 Å². The Kier molecular flexibility index (Phi) is 2.86. The maximum atomic E-state index is 4.33. The number of fused-ring (bicyclic) bond motifs is 1. The van der Waals surface area contributed by atoms with Crippen LogP contribution in [-0.4, -0.2) is 12.3 Å². The molecule has 1 unspecified atom stereocenters. The molecule has 2 nitrogen and oxygen atoms in total. The largest absolute Gasteiger partial charge is 0.377 e. The van der Waals surface area contributed by atoms with Crippen molar-refractivity contribution >= 4 is 11.9 Å². The minimum atomic E-state index is 0.325. The third-order valence-electron chi connectivity index (χ3n) is 2.64. The van der Waals surface area contributed by atoms with E-state index in [9.17, 15) is 0 Å². The van der Waals surface area contributed by atoms with E-state index in [0.717, 1.165) is 18.5 Å². The first kappa shape index (κ1) is 9.97. The third-order valence-corrected chi connectivity index (χ3v) is 2.64. The normalized spacial score (nSPS) is 18.9. The molecule has 1 aliphatic rings. The molecule has 0 fully saturated rings. The standard InChI is InChI=1S/C13H16N2/c1-3-10(2)14-9-12-8-11-6-4-5-7-13(11)15-12/h4-7,9,12,15H,2-3,8H2,1H3. The summed E-state index contributed by atoms with van der Waals surface area (Å²) < 4.78 is 0. The highest BCUT2D eigenvalue weighted by molar-refractivity contribution is 5.75. The van der Waals surface area contributed by atoms with Crippen molar-refractivity contribution in [2.75, 3.05) is 5.32 Å². The number of nitrogens with one attached hydrogen (secondary N) is 1. The third kappa shape index (κ3) is 2.27. The Bertz CT molecular complexity index is 368. The first-order valence-corrected chi connectivity index (χ1v) is 5.36. The molecule has 15 heavy (non-hydrogen) atoms.